The summed E-state index contributed by atoms with van der Waals surface area (Å²) in [5, 5.41) is 2.81. The first-order chi connectivity index (χ1) is 7.58. The molecule has 0 aliphatic carbocycles. The molecular formula is C11H7F2N2ORe-. The van der Waals surface area contributed by atoms with Crippen LogP contribution in [0.25, 0.3) is 10.9 Å². The third kappa shape index (κ3) is 2.79. The number of carbonyl (C=O) groups excluding carboxylic acids is 1. The van der Waals surface area contributed by atoms with Crippen molar-refractivity contribution >= 4 is 22.5 Å². The van der Waals surface area contributed by atoms with Crippen LogP contribution in [0.5, 0.6) is 0 Å². The number of nitrogens with zero attached hydrogens (tertiary/aromatic N) is 1. The standard InChI is InChI=1S/C11H7F2N2O.Re/c1-6(16)15-8-4-7-2-3-9(12)10(13)11(7)14-5-8;/h2-5H,1H2,(H,15,16);/q-1;. The van der Waals surface area contributed by atoms with Crippen molar-refractivity contribution in [3.8, 4) is 0 Å². The fourth-order valence-electron chi connectivity index (χ4n) is 1.37. The van der Waals surface area contributed by atoms with Crippen molar-refractivity contribution in [3.63, 3.8) is 0 Å². The monoisotopic (exact) mass is 408 g/mol. The van der Waals surface area contributed by atoms with Gasteiger partial charge in [-0.25, -0.2) is 8.78 Å². The van der Waals surface area contributed by atoms with E-state index >= 15 is 0 Å². The zero-order valence-corrected chi connectivity index (χ0v) is 11.2. The first-order valence-electron chi connectivity index (χ1n) is 4.44. The second kappa shape index (κ2) is 5.21. The zero-order chi connectivity index (χ0) is 11.7. The van der Waals surface area contributed by atoms with Gasteiger partial charge in [-0.2, -0.15) is 0 Å². The molecule has 0 spiro atoms. The van der Waals surface area contributed by atoms with E-state index in [-0.39, 0.29) is 25.9 Å². The number of fused-ring (bicyclic) bond motifs is 1. The summed E-state index contributed by atoms with van der Waals surface area (Å²) in [5.41, 5.74) is 0.320. The molecule has 1 radical (unpaired) electrons. The van der Waals surface area contributed by atoms with Gasteiger partial charge in [0.05, 0.1) is 17.8 Å². The number of rotatable bonds is 1. The Morgan fingerprint density at radius 2 is 2.06 bits per heavy atom. The number of anilines is 1. The number of benzene rings is 1. The largest absolute Gasteiger partial charge is 0.350 e. The summed E-state index contributed by atoms with van der Waals surface area (Å²) in [7, 11) is 0. The van der Waals surface area contributed by atoms with Crippen molar-refractivity contribution in [2.75, 3.05) is 5.32 Å². The molecule has 6 heteroatoms. The van der Waals surface area contributed by atoms with Crippen molar-refractivity contribution in [2.24, 2.45) is 0 Å². The Morgan fingerprint density at radius 1 is 1.35 bits per heavy atom. The van der Waals surface area contributed by atoms with E-state index in [1.165, 1.54) is 18.3 Å². The summed E-state index contributed by atoms with van der Waals surface area (Å²) in [6.07, 6.45) is 1.24. The van der Waals surface area contributed by atoms with E-state index in [4.69, 9.17) is 0 Å². The van der Waals surface area contributed by atoms with Gasteiger partial charge in [-0.15, -0.1) is 0 Å². The van der Waals surface area contributed by atoms with Gasteiger partial charge in [0.1, 0.15) is 5.52 Å². The SMILES string of the molecule is [CH2-]C(=O)Nc1cnc2c(F)c(F)ccc2c1.[Re]. The molecule has 89 valence electrons. The topological polar surface area (TPSA) is 42.0 Å². The summed E-state index contributed by atoms with van der Waals surface area (Å²) >= 11 is 0. The summed E-state index contributed by atoms with van der Waals surface area (Å²) < 4.78 is 26.1. The van der Waals surface area contributed by atoms with E-state index in [2.05, 4.69) is 17.2 Å². The molecule has 17 heavy (non-hydrogen) atoms. The smallest absolute Gasteiger partial charge is 0.184 e. The van der Waals surface area contributed by atoms with E-state index < -0.39 is 17.5 Å². The average molecular weight is 407 g/mol. The summed E-state index contributed by atoms with van der Waals surface area (Å²) in [6.45, 7) is 3.13. The predicted molar refractivity (Wildman–Crippen MR) is 55.6 cm³/mol. The normalized spacial score (nSPS) is 9.76. The van der Waals surface area contributed by atoms with E-state index in [0.717, 1.165) is 6.07 Å². The maximum absolute atomic E-state index is 13.3. The fourth-order valence-corrected chi connectivity index (χ4v) is 1.37. The molecule has 3 nitrogen and oxygen atoms in total. The Balaban J connectivity index is 0.00000144. The van der Waals surface area contributed by atoms with Crippen LogP contribution < -0.4 is 5.32 Å². The number of hydrogen-bond acceptors (Lipinski definition) is 2. The first kappa shape index (κ1) is 13.6. The number of halogens is 2. The molecule has 0 aliphatic heterocycles. The molecular weight excluding hydrogens is 400 g/mol. The van der Waals surface area contributed by atoms with Crippen LogP contribution >= 0.6 is 0 Å². The molecule has 2 rings (SSSR count). The Labute approximate surface area is 110 Å². The van der Waals surface area contributed by atoms with Crippen LogP contribution in [-0.4, -0.2) is 10.9 Å². The fraction of sp³-hybridized carbons (Fsp3) is 0. The Kier molecular flexibility index (Phi) is 4.16. The van der Waals surface area contributed by atoms with Gasteiger partial charge in [-0.1, -0.05) is 0 Å². The van der Waals surface area contributed by atoms with Gasteiger partial charge >= 0.3 is 0 Å². The molecule has 0 aliphatic rings. The van der Waals surface area contributed by atoms with Gasteiger partial charge < -0.3 is 17.0 Å². The quantitative estimate of drug-likeness (QED) is 0.738. The van der Waals surface area contributed by atoms with Gasteiger partial charge in [-0.3, -0.25) is 4.98 Å². The number of pyridine rings is 1. The van der Waals surface area contributed by atoms with Crippen molar-refractivity contribution in [1.82, 2.24) is 4.98 Å². The Morgan fingerprint density at radius 3 is 2.71 bits per heavy atom. The van der Waals surface area contributed by atoms with E-state index in [9.17, 15) is 13.6 Å². The molecule has 0 saturated heterocycles. The number of hydrogen-bond donors (Lipinski definition) is 1. The molecule has 1 aromatic carbocycles. The molecule has 1 aromatic heterocycles. The van der Waals surface area contributed by atoms with Crippen LogP contribution in [0, 0.1) is 18.6 Å². The van der Waals surface area contributed by atoms with Crippen LogP contribution in [0.1, 0.15) is 0 Å². The minimum absolute atomic E-state index is 0. The van der Waals surface area contributed by atoms with Crippen LogP contribution in [0.2, 0.25) is 0 Å². The number of aromatic nitrogens is 1. The molecule has 1 heterocycles. The number of amides is 1. The van der Waals surface area contributed by atoms with Gasteiger partial charge in [0.25, 0.3) is 0 Å². The van der Waals surface area contributed by atoms with Crippen LogP contribution in [0.15, 0.2) is 24.4 Å². The molecule has 0 unspecified atom stereocenters. The second-order valence-electron chi connectivity index (χ2n) is 3.21. The van der Waals surface area contributed by atoms with Crippen molar-refractivity contribution in [2.45, 2.75) is 0 Å². The van der Waals surface area contributed by atoms with Crippen molar-refractivity contribution in [3.05, 3.63) is 43.0 Å². The number of nitrogens with one attached hydrogen (secondary N) is 1. The van der Waals surface area contributed by atoms with Gasteiger partial charge in [-0.05, 0) is 18.2 Å². The van der Waals surface area contributed by atoms with Crippen molar-refractivity contribution in [1.29, 1.82) is 0 Å². The molecule has 1 N–H and O–H groups in total. The van der Waals surface area contributed by atoms with Gasteiger partial charge in [0.2, 0.25) is 0 Å². The third-order valence-electron chi connectivity index (χ3n) is 2.03. The summed E-state index contributed by atoms with van der Waals surface area (Å²) in [6, 6.07) is 3.89. The van der Waals surface area contributed by atoms with Gasteiger partial charge in [0.15, 0.2) is 11.6 Å². The molecule has 2 aromatic rings. The van der Waals surface area contributed by atoms with E-state index in [1.807, 2.05) is 0 Å². The van der Waals surface area contributed by atoms with Crippen LogP contribution in [0.3, 0.4) is 0 Å². The molecule has 0 atom stereocenters. The first-order valence-corrected chi connectivity index (χ1v) is 4.44. The maximum Gasteiger partial charge on any atom is 0.184 e. The van der Waals surface area contributed by atoms with E-state index in [0.29, 0.717) is 11.1 Å². The molecule has 1 amide bonds. The summed E-state index contributed by atoms with van der Waals surface area (Å²) in [4.78, 5) is 14.4. The van der Waals surface area contributed by atoms with Gasteiger partial charge in [0, 0.05) is 25.8 Å². The Hall–Kier alpha value is -1.51. The number of carbonyl (C=O) groups is 1. The molecule has 0 fully saturated rings. The van der Waals surface area contributed by atoms with Crippen LogP contribution in [0.4, 0.5) is 14.5 Å². The minimum Gasteiger partial charge on any atom is -0.350 e. The zero-order valence-electron chi connectivity index (χ0n) is 8.51. The predicted octanol–water partition coefficient (Wildman–Crippen LogP) is 2.28. The van der Waals surface area contributed by atoms with E-state index in [1.54, 1.807) is 0 Å². The van der Waals surface area contributed by atoms with Crippen molar-refractivity contribution < 1.29 is 34.0 Å². The molecule has 0 bridgehead atoms. The second-order valence-corrected chi connectivity index (χ2v) is 3.21. The maximum atomic E-state index is 13.3. The molecule has 0 saturated carbocycles. The Bertz CT molecular complexity index is 575. The summed E-state index contributed by atoms with van der Waals surface area (Å²) in [5.74, 6) is -2.44. The average Bonchev–Trinajstić information content (AvgIpc) is 2.23. The minimum atomic E-state index is -0.995. The third-order valence-corrected chi connectivity index (χ3v) is 2.03. The van der Waals surface area contributed by atoms with Crippen LogP contribution in [-0.2, 0) is 25.2 Å².